The van der Waals surface area contributed by atoms with Gasteiger partial charge in [0.2, 0.25) is 11.8 Å². The highest BCUT2D eigenvalue weighted by molar-refractivity contribution is 7.15. The van der Waals surface area contributed by atoms with Gasteiger partial charge in [-0.15, -0.1) is 11.3 Å². The molecule has 2 aromatic heterocycles. The van der Waals surface area contributed by atoms with E-state index in [2.05, 4.69) is 49.1 Å². The van der Waals surface area contributed by atoms with Gasteiger partial charge in [-0.1, -0.05) is 30.3 Å². The van der Waals surface area contributed by atoms with Crippen LogP contribution >= 0.6 is 11.3 Å². The minimum atomic E-state index is -0.731. The number of rotatable bonds is 10. The number of amides is 1. The zero-order chi connectivity index (χ0) is 36.7. The van der Waals surface area contributed by atoms with Crippen LogP contribution in [0.1, 0.15) is 52.6 Å². The van der Waals surface area contributed by atoms with Crippen LogP contribution in [0.2, 0.25) is 0 Å². The predicted molar refractivity (Wildman–Crippen MR) is 199 cm³/mol. The van der Waals surface area contributed by atoms with Gasteiger partial charge in [0.15, 0.2) is 5.58 Å². The second kappa shape index (κ2) is 14.6. The van der Waals surface area contributed by atoms with Crippen LogP contribution in [-0.4, -0.2) is 86.1 Å². The van der Waals surface area contributed by atoms with Crippen molar-refractivity contribution in [3.63, 3.8) is 0 Å². The van der Waals surface area contributed by atoms with Gasteiger partial charge in [0.25, 0.3) is 0 Å². The molecule has 0 bridgehead atoms. The summed E-state index contributed by atoms with van der Waals surface area (Å²) in [6.07, 6.45) is 1.24. The Morgan fingerprint density at radius 2 is 1.71 bits per heavy atom. The summed E-state index contributed by atoms with van der Waals surface area (Å²) in [6.45, 7) is 9.36. The maximum atomic E-state index is 13.0. The van der Waals surface area contributed by atoms with E-state index in [1.807, 2.05) is 48.0 Å². The van der Waals surface area contributed by atoms with Gasteiger partial charge in [0.05, 0.1) is 43.4 Å². The fourth-order valence-electron chi connectivity index (χ4n) is 7.24. The molecule has 1 atom stereocenters. The number of aliphatic hydroxyl groups excluding tert-OH is 1. The summed E-state index contributed by atoms with van der Waals surface area (Å²) in [5, 5.41) is 29.7. The van der Waals surface area contributed by atoms with Crippen LogP contribution < -0.4 is 0 Å². The molecule has 7 rings (SSSR count). The zero-order valence-electron chi connectivity index (χ0n) is 29.8. The Labute approximate surface area is 306 Å². The van der Waals surface area contributed by atoms with Crippen molar-refractivity contribution in [2.45, 2.75) is 59.3 Å². The molecule has 0 unspecified atom stereocenters. The summed E-state index contributed by atoms with van der Waals surface area (Å²) < 4.78 is 6.29. The number of aliphatic carboxylic acids is 1. The fourth-order valence-corrected chi connectivity index (χ4v) is 8.40. The average molecular weight is 719 g/mol. The fraction of sp³-hybridized carbons (Fsp3) is 0.375. The van der Waals surface area contributed by atoms with Crippen LogP contribution in [0.3, 0.4) is 0 Å². The second-order valence-electron chi connectivity index (χ2n) is 14.1. The number of nitrogens with zero attached hydrogens (tertiary/aromatic N) is 6. The molecule has 12 heteroatoms. The maximum absolute atomic E-state index is 13.0. The van der Waals surface area contributed by atoms with E-state index in [4.69, 9.17) is 14.4 Å². The summed E-state index contributed by atoms with van der Waals surface area (Å²) >= 11 is 1.63. The maximum Gasteiger partial charge on any atom is 0.306 e. The Balaban J connectivity index is 1.12. The van der Waals surface area contributed by atoms with Crippen LogP contribution in [0.15, 0.2) is 52.9 Å². The first-order chi connectivity index (χ1) is 25.0. The number of fused-ring (bicyclic) bond motifs is 2. The number of carboxylic acids is 1. The van der Waals surface area contributed by atoms with Gasteiger partial charge in [-0.05, 0) is 99.8 Å². The molecule has 52 heavy (non-hydrogen) atoms. The van der Waals surface area contributed by atoms with Gasteiger partial charge in [-0.25, -0.2) is 9.97 Å². The lowest BCUT2D eigenvalue weighted by Gasteiger charge is -2.30. The van der Waals surface area contributed by atoms with Crippen molar-refractivity contribution < 1.29 is 24.2 Å². The smallest absolute Gasteiger partial charge is 0.306 e. The topological polar surface area (TPSA) is 147 Å². The number of carbonyl (C=O) groups is 2. The molecule has 0 saturated carbocycles. The van der Waals surface area contributed by atoms with Crippen molar-refractivity contribution in [1.29, 1.82) is 5.26 Å². The molecule has 5 aromatic rings. The number of carboxylic acid groups (broad SMARTS) is 1. The molecule has 4 heterocycles. The Morgan fingerprint density at radius 1 is 1.04 bits per heavy atom. The minimum Gasteiger partial charge on any atom is -0.481 e. The molecular weight excluding hydrogens is 677 g/mol. The molecule has 2 N–H and O–H groups in total. The SMILES string of the molecule is Cc1c(-c2nc3cc(CN4CCC(C(=O)O)CC4)cc(C#N)c3o2)cccc1-c1cccc(-c2nc3c(s2)CN(C(=O)CN(C)[C@H](C)CO)C3)c1C. The van der Waals surface area contributed by atoms with E-state index in [9.17, 15) is 25.1 Å². The predicted octanol–water partition coefficient (Wildman–Crippen LogP) is 6.23. The lowest BCUT2D eigenvalue weighted by Crippen LogP contribution is -2.41. The Bertz CT molecular complexity index is 2190. The van der Waals surface area contributed by atoms with Crippen molar-refractivity contribution >= 4 is 34.3 Å². The molecule has 3 aromatic carbocycles. The number of nitriles is 1. The van der Waals surface area contributed by atoms with Crippen LogP contribution in [0.4, 0.5) is 0 Å². The zero-order valence-corrected chi connectivity index (χ0v) is 30.7. The first kappa shape index (κ1) is 35.5. The Hall–Kier alpha value is -4.93. The molecule has 1 fully saturated rings. The van der Waals surface area contributed by atoms with E-state index in [0.29, 0.717) is 68.1 Å². The number of likely N-dealkylation sites (tertiary alicyclic amines) is 1. The highest BCUT2D eigenvalue weighted by Crippen LogP contribution is 2.40. The largest absolute Gasteiger partial charge is 0.481 e. The lowest BCUT2D eigenvalue weighted by atomic mass is 9.91. The highest BCUT2D eigenvalue weighted by atomic mass is 32.1. The molecule has 2 aliphatic heterocycles. The van der Waals surface area contributed by atoms with E-state index in [1.165, 1.54) is 0 Å². The van der Waals surface area contributed by atoms with E-state index in [0.717, 1.165) is 54.5 Å². The van der Waals surface area contributed by atoms with Gasteiger partial charge in [0, 0.05) is 28.6 Å². The van der Waals surface area contributed by atoms with Crippen molar-refractivity contribution in [1.82, 2.24) is 24.7 Å². The number of piperidine rings is 1. The molecule has 1 amide bonds. The molecule has 0 spiro atoms. The van der Waals surface area contributed by atoms with Crippen LogP contribution in [0.25, 0.3) is 44.3 Å². The number of oxazole rings is 1. The van der Waals surface area contributed by atoms with E-state index < -0.39 is 5.97 Å². The number of thiazole rings is 1. The molecule has 0 radical (unpaired) electrons. The van der Waals surface area contributed by atoms with E-state index in [-0.39, 0.29) is 31.0 Å². The van der Waals surface area contributed by atoms with Gasteiger partial charge in [-0.3, -0.25) is 19.4 Å². The Kier molecular flexibility index (Phi) is 9.96. The van der Waals surface area contributed by atoms with Gasteiger partial charge in [-0.2, -0.15) is 5.26 Å². The number of likely N-dealkylation sites (N-methyl/N-ethyl adjacent to an activating group) is 1. The normalized spacial score (nSPS) is 15.7. The minimum absolute atomic E-state index is 0.00517. The third-order valence-electron chi connectivity index (χ3n) is 10.6. The molecule has 11 nitrogen and oxygen atoms in total. The van der Waals surface area contributed by atoms with Crippen molar-refractivity contribution in [3.8, 4) is 39.2 Å². The number of hydrogen-bond donors (Lipinski definition) is 2. The molecular formula is C40H42N6O5S. The number of aromatic nitrogens is 2. The van der Waals surface area contributed by atoms with Crippen LogP contribution in [0, 0.1) is 31.1 Å². The molecule has 2 aliphatic rings. The first-order valence-corrected chi connectivity index (χ1v) is 18.4. The van der Waals surface area contributed by atoms with E-state index >= 15 is 0 Å². The van der Waals surface area contributed by atoms with E-state index in [1.54, 1.807) is 11.3 Å². The van der Waals surface area contributed by atoms with Gasteiger partial charge in [0.1, 0.15) is 16.6 Å². The first-order valence-electron chi connectivity index (χ1n) is 17.6. The second-order valence-corrected chi connectivity index (χ2v) is 15.1. The van der Waals surface area contributed by atoms with Crippen molar-refractivity contribution in [2.75, 3.05) is 33.3 Å². The lowest BCUT2D eigenvalue weighted by molar-refractivity contribution is -0.143. The number of aliphatic hydroxyl groups is 1. The number of hydrogen-bond acceptors (Lipinski definition) is 10. The summed E-state index contributed by atoms with van der Waals surface area (Å²) in [4.78, 5) is 41.2. The third kappa shape index (κ3) is 6.85. The standard InChI is InChI=1S/C40H42N6O5S/c1-23(22-47)44(4)21-36(48)46-19-34-35(20-46)52-39(43-34)32-10-6-8-30(25(32)3)29-7-5-9-31(24(29)2)38-42-33-16-26(15-28(17-41)37(33)51-38)18-45-13-11-27(12-14-45)40(49)50/h5-10,15-16,23,27,47H,11-14,18-22H2,1-4H3,(H,49,50)/t23-/m1/s1. The number of benzene rings is 3. The summed E-state index contributed by atoms with van der Waals surface area (Å²) in [7, 11) is 1.85. The number of carbonyl (C=O) groups excluding carboxylic acids is 1. The summed E-state index contributed by atoms with van der Waals surface area (Å²) in [5.41, 5.74) is 9.52. The van der Waals surface area contributed by atoms with Crippen molar-refractivity contribution in [2.24, 2.45) is 5.92 Å². The summed E-state index contributed by atoms with van der Waals surface area (Å²) in [5.74, 6) is -0.548. The van der Waals surface area contributed by atoms with Crippen molar-refractivity contribution in [3.05, 3.63) is 81.4 Å². The Morgan fingerprint density at radius 3 is 2.37 bits per heavy atom. The van der Waals surface area contributed by atoms with Gasteiger partial charge >= 0.3 is 5.97 Å². The summed E-state index contributed by atoms with van der Waals surface area (Å²) in [6, 6.07) is 18.4. The average Bonchev–Trinajstić information content (AvgIpc) is 3.86. The molecule has 268 valence electrons. The third-order valence-corrected chi connectivity index (χ3v) is 11.8. The quantitative estimate of drug-likeness (QED) is 0.171. The van der Waals surface area contributed by atoms with Crippen LogP contribution in [0.5, 0.6) is 0 Å². The van der Waals surface area contributed by atoms with Crippen LogP contribution in [-0.2, 0) is 29.2 Å². The highest BCUT2D eigenvalue weighted by Gasteiger charge is 2.29. The van der Waals surface area contributed by atoms with Gasteiger partial charge < -0.3 is 19.5 Å². The monoisotopic (exact) mass is 718 g/mol. The molecule has 0 aliphatic carbocycles. The molecule has 1 saturated heterocycles.